The molecule has 2 heteroatoms. The van der Waals surface area contributed by atoms with Crippen LogP contribution in [0.5, 0.6) is 0 Å². The molecule has 4 aromatic carbocycles. The van der Waals surface area contributed by atoms with Gasteiger partial charge < -0.3 is 0 Å². The van der Waals surface area contributed by atoms with Crippen molar-refractivity contribution in [3.8, 4) is 0 Å². The summed E-state index contributed by atoms with van der Waals surface area (Å²) in [6, 6.07) is 43.1. The number of rotatable bonds is 4. The monoisotopic (exact) mass is 550 g/mol. The van der Waals surface area contributed by atoms with Crippen molar-refractivity contribution in [3.05, 3.63) is 121 Å². The topological polar surface area (TPSA) is 0 Å². The molecule has 2 radical (unpaired) electrons. The van der Waals surface area contributed by atoms with E-state index in [0.29, 0.717) is 0 Å². The van der Waals surface area contributed by atoms with E-state index >= 15 is 0 Å². The van der Waals surface area contributed by atoms with Gasteiger partial charge in [-0.05, 0) is 0 Å². The van der Waals surface area contributed by atoms with Gasteiger partial charge in [0.05, 0.1) is 0 Å². The van der Waals surface area contributed by atoms with Crippen molar-refractivity contribution in [3.63, 3.8) is 0 Å². The molecule has 0 heterocycles. The predicted molar refractivity (Wildman–Crippen MR) is 116 cm³/mol. The van der Waals surface area contributed by atoms with E-state index < -0.39 is 0 Å². The first-order valence-corrected chi connectivity index (χ1v) is 13.6. The van der Waals surface area contributed by atoms with Gasteiger partial charge >= 0.3 is 179 Å². The summed E-state index contributed by atoms with van der Waals surface area (Å²) in [6.07, 6.45) is 0. The summed E-state index contributed by atoms with van der Waals surface area (Å²) in [4.78, 5) is 0. The van der Waals surface area contributed by atoms with E-state index in [1.54, 1.807) is 0 Å². The zero-order valence-corrected chi connectivity index (χ0v) is 19.5. The normalized spacial score (nSPS) is 9.85. The summed E-state index contributed by atoms with van der Waals surface area (Å²) >= 11 is -0.670. The molecule has 0 aliphatic heterocycles. The van der Waals surface area contributed by atoms with Gasteiger partial charge in [0.15, 0.2) is 0 Å². The molecule has 0 bridgehead atoms. The van der Waals surface area contributed by atoms with Crippen LogP contribution in [0.1, 0.15) is 0 Å². The summed E-state index contributed by atoms with van der Waals surface area (Å²) in [5.41, 5.74) is 0. The molecule has 0 aliphatic rings. The number of benzene rings is 4. The van der Waals surface area contributed by atoms with Crippen molar-refractivity contribution >= 4 is 57.3 Å². The standard InChI is InChI=1S/4C6H5.2Sb/c4*1-2-4-6-5-3-1;;/h4*1-5H;;. The third kappa shape index (κ3) is 7.03. The second-order valence-corrected chi connectivity index (χ2v) is 12.7. The zero-order valence-electron chi connectivity index (χ0n) is 14.4. The Bertz CT molecular complexity index is 709. The van der Waals surface area contributed by atoms with Crippen LogP contribution in [0.4, 0.5) is 0 Å². The van der Waals surface area contributed by atoms with Crippen LogP contribution in [0.2, 0.25) is 0 Å². The van der Waals surface area contributed by atoms with E-state index in [1.165, 1.54) is 14.0 Å². The van der Waals surface area contributed by atoms with Gasteiger partial charge in [0, 0.05) is 0 Å². The Kier molecular flexibility index (Phi) is 8.36. The first-order valence-electron chi connectivity index (χ1n) is 8.54. The summed E-state index contributed by atoms with van der Waals surface area (Å²) in [5, 5.41) is 0. The Morgan fingerprint density at radius 3 is 0.654 bits per heavy atom. The molecule has 126 valence electrons. The van der Waals surface area contributed by atoms with E-state index in [-0.39, 0.29) is 43.2 Å². The average molecular weight is 552 g/mol. The Labute approximate surface area is 177 Å². The first kappa shape index (κ1) is 19.3. The predicted octanol–water partition coefficient (Wildman–Crippen LogP) is 2.68. The van der Waals surface area contributed by atoms with Crippen LogP contribution < -0.4 is 14.0 Å². The fraction of sp³-hybridized carbons (Fsp3) is 0. The number of hydrogen-bond donors (Lipinski definition) is 0. The Morgan fingerprint density at radius 1 is 0.269 bits per heavy atom. The third-order valence-electron chi connectivity index (χ3n) is 3.54. The van der Waals surface area contributed by atoms with Crippen LogP contribution in [0.15, 0.2) is 121 Å². The Hall–Kier alpha value is -1.48. The molecule has 4 rings (SSSR count). The van der Waals surface area contributed by atoms with Gasteiger partial charge in [0.25, 0.3) is 0 Å². The molecule has 0 N–H and O–H groups in total. The van der Waals surface area contributed by atoms with Crippen LogP contribution in [0, 0.1) is 0 Å². The van der Waals surface area contributed by atoms with Gasteiger partial charge in [-0.3, -0.25) is 0 Å². The summed E-state index contributed by atoms with van der Waals surface area (Å²) in [6.45, 7) is 0. The van der Waals surface area contributed by atoms with E-state index in [0.717, 1.165) is 0 Å². The number of hydrogen-bond acceptors (Lipinski definition) is 0. The first-order chi connectivity index (χ1) is 12.9. The Morgan fingerprint density at radius 2 is 0.462 bits per heavy atom. The zero-order chi connectivity index (χ0) is 17.9. The molecule has 0 aliphatic carbocycles. The van der Waals surface area contributed by atoms with Crippen LogP contribution >= 0.6 is 0 Å². The molecule has 0 spiro atoms. The minimum atomic E-state index is -0.335. The summed E-state index contributed by atoms with van der Waals surface area (Å²) in [7, 11) is 0. The molecule has 0 atom stereocenters. The fourth-order valence-corrected chi connectivity index (χ4v) is 7.68. The molecule has 0 aromatic heterocycles. The Balaban J connectivity index is 0.000000151. The maximum atomic E-state index is 2.23. The molecule has 0 unspecified atom stereocenters. The van der Waals surface area contributed by atoms with Crippen molar-refractivity contribution in [2.24, 2.45) is 0 Å². The fourth-order valence-electron chi connectivity index (χ4n) is 2.31. The second kappa shape index (κ2) is 11.3. The van der Waals surface area contributed by atoms with Crippen LogP contribution in [0.3, 0.4) is 0 Å². The summed E-state index contributed by atoms with van der Waals surface area (Å²) in [5.74, 6) is 0. The SMILES string of the molecule is c1cc[c]([Sb][c]2ccccc2)cc1.c1cc[c]([Sb][c]2ccccc2)cc1. The third-order valence-corrected chi connectivity index (χ3v) is 9.89. The maximum absolute atomic E-state index is 2.23. The van der Waals surface area contributed by atoms with E-state index in [4.69, 9.17) is 0 Å². The minimum absolute atomic E-state index is 0.335. The van der Waals surface area contributed by atoms with Crippen LogP contribution in [-0.2, 0) is 0 Å². The van der Waals surface area contributed by atoms with E-state index in [9.17, 15) is 0 Å². The molecule has 0 saturated heterocycles. The molecule has 0 nitrogen and oxygen atoms in total. The van der Waals surface area contributed by atoms with Crippen molar-refractivity contribution in [2.45, 2.75) is 0 Å². The van der Waals surface area contributed by atoms with Crippen LogP contribution in [-0.4, -0.2) is 43.2 Å². The van der Waals surface area contributed by atoms with Crippen LogP contribution in [0.25, 0.3) is 0 Å². The van der Waals surface area contributed by atoms with E-state index in [1.807, 2.05) is 0 Å². The van der Waals surface area contributed by atoms with Gasteiger partial charge in [-0.25, -0.2) is 0 Å². The van der Waals surface area contributed by atoms with Crippen molar-refractivity contribution < 1.29 is 0 Å². The molecular weight excluding hydrogens is 532 g/mol. The van der Waals surface area contributed by atoms with Gasteiger partial charge in [-0.15, -0.1) is 0 Å². The molecule has 26 heavy (non-hydrogen) atoms. The molecule has 4 aromatic rings. The average Bonchev–Trinajstić information content (AvgIpc) is 2.72. The molecule has 0 amide bonds. The molecule has 0 saturated carbocycles. The van der Waals surface area contributed by atoms with Crippen molar-refractivity contribution in [2.75, 3.05) is 0 Å². The van der Waals surface area contributed by atoms with Crippen molar-refractivity contribution in [1.82, 2.24) is 0 Å². The van der Waals surface area contributed by atoms with Gasteiger partial charge in [-0.2, -0.15) is 0 Å². The molecular formula is C24H20Sb2. The van der Waals surface area contributed by atoms with Gasteiger partial charge in [0.2, 0.25) is 0 Å². The quantitative estimate of drug-likeness (QED) is 0.342. The van der Waals surface area contributed by atoms with Gasteiger partial charge in [0.1, 0.15) is 0 Å². The molecule has 0 fully saturated rings. The van der Waals surface area contributed by atoms with Gasteiger partial charge in [-0.1, -0.05) is 0 Å². The summed E-state index contributed by atoms with van der Waals surface area (Å²) < 4.78 is 6.08. The van der Waals surface area contributed by atoms with E-state index in [2.05, 4.69) is 121 Å². The van der Waals surface area contributed by atoms with Crippen molar-refractivity contribution in [1.29, 1.82) is 0 Å². The second-order valence-electron chi connectivity index (χ2n) is 5.57.